The van der Waals surface area contributed by atoms with E-state index in [1.165, 1.54) is 18.2 Å². The minimum atomic E-state index is -0.638. The molecule has 0 saturated carbocycles. The highest BCUT2D eigenvalue weighted by molar-refractivity contribution is 9.10. The number of benzene rings is 1. The molecule has 6 heteroatoms. The van der Waals surface area contributed by atoms with Crippen LogP contribution < -0.4 is 5.76 Å². The van der Waals surface area contributed by atoms with Gasteiger partial charge in [0.1, 0.15) is 5.82 Å². The zero-order chi connectivity index (χ0) is 10.1. The first-order valence-electron chi connectivity index (χ1n) is 3.68. The lowest BCUT2D eigenvalue weighted by Crippen LogP contribution is -1.93. The lowest BCUT2D eigenvalue weighted by Gasteiger charge is -1.96. The number of halogens is 2. The van der Waals surface area contributed by atoms with Crippen molar-refractivity contribution in [2.45, 2.75) is 0 Å². The lowest BCUT2D eigenvalue weighted by molar-refractivity contribution is 0.526. The molecule has 72 valence electrons. The molecular formula is C8H4BrFN2O2. The molecule has 0 unspecified atom stereocenters. The summed E-state index contributed by atoms with van der Waals surface area (Å²) in [6.45, 7) is 0. The van der Waals surface area contributed by atoms with Crippen molar-refractivity contribution in [3.63, 3.8) is 0 Å². The Morgan fingerprint density at radius 1 is 1.50 bits per heavy atom. The summed E-state index contributed by atoms with van der Waals surface area (Å²) in [5.41, 5.74) is 0.525. The van der Waals surface area contributed by atoms with Crippen molar-refractivity contribution in [1.82, 2.24) is 10.2 Å². The maximum Gasteiger partial charge on any atom is 0.434 e. The lowest BCUT2D eigenvalue weighted by atomic mass is 10.2. The Labute approximate surface area is 85.9 Å². The van der Waals surface area contributed by atoms with Crippen LogP contribution in [0.3, 0.4) is 0 Å². The monoisotopic (exact) mass is 258 g/mol. The van der Waals surface area contributed by atoms with Gasteiger partial charge >= 0.3 is 5.76 Å². The highest BCUT2D eigenvalue weighted by Crippen LogP contribution is 2.22. The number of hydrogen-bond donors (Lipinski definition) is 1. The molecule has 0 spiro atoms. The zero-order valence-corrected chi connectivity index (χ0v) is 8.34. The maximum absolute atomic E-state index is 12.9. The van der Waals surface area contributed by atoms with Crippen molar-refractivity contribution in [2.75, 3.05) is 0 Å². The third-order valence-corrected chi connectivity index (χ3v) is 2.21. The smallest absolute Gasteiger partial charge is 0.388 e. The summed E-state index contributed by atoms with van der Waals surface area (Å²) in [7, 11) is 0. The van der Waals surface area contributed by atoms with Crippen molar-refractivity contribution in [3.8, 4) is 11.5 Å². The Balaban J connectivity index is 2.52. The van der Waals surface area contributed by atoms with E-state index >= 15 is 0 Å². The molecule has 1 aromatic carbocycles. The number of rotatable bonds is 1. The first kappa shape index (κ1) is 9.14. The van der Waals surface area contributed by atoms with Crippen LogP contribution in [0.4, 0.5) is 4.39 Å². The van der Waals surface area contributed by atoms with Crippen molar-refractivity contribution < 1.29 is 8.81 Å². The number of H-pyrrole nitrogens is 1. The van der Waals surface area contributed by atoms with Gasteiger partial charge in [-0.2, -0.15) is 0 Å². The average molecular weight is 259 g/mol. The van der Waals surface area contributed by atoms with Gasteiger partial charge in [0, 0.05) is 5.56 Å². The van der Waals surface area contributed by atoms with Crippen LogP contribution >= 0.6 is 15.9 Å². The van der Waals surface area contributed by atoms with Gasteiger partial charge in [-0.05, 0) is 34.1 Å². The van der Waals surface area contributed by atoms with Crippen LogP contribution in [0.15, 0.2) is 31.9 Å². The van der Waals surface area contributed by atoms with E-state index in [1.54, 1.807) is 0 Å². The number of aromatic nitrogens is 2. The van der Waals surface area contributed by atoms with E-state index in [2.05, 4.69) is 26.1 Å². The quantitative estimate of drug-likeness (QED) is 0.851. The van der Waals surface area contributed by atoms with Crippen molar-refractivity contribution >= 4 is 15.9 Å². The van der Waals surface area contributed by atoms with E-state index in [1.807, 2.05) is 0 Å². The molecule has 0 bridgehead atoms. The van der Waals surface area contributed by atoms with E-state index in [9.17, 15) is 9.18 Å². The molecule has 1 heterocycles. The second-order valence-corrected chi connectivity index (χ2v) is 3.40. The molecule has 0 aliphatic carbocycles. The standard InChI is InChI=1S/C8H4BrFN2O2/c9-5-3-4(1-2-6(5)10)7-11-12-8(13)14-7/h1-3H,(H,12,13). The third kappa shape index (κ3) is 1.60. The molecule has 0 aliphatic heterocycles. The summed E-state index contributed by atoms with van der Waals surface area (Å²) >= 11 is 3.02. The first-order chi connectivity index (χ1) is 6.66. The normalized spacial score (nSPS) is 10.4. The van der Waals surface area contributed by atoms with Crippen LogP contribution in [0, 0.1) is 5.82 Å². The number of hydrogen-bond acceptors (Lipinski definition) is 3. The molecule has 1 N–H and O–H groups in total. The molecule has 0 fully saturated rings. The van der Waals surface area contributed by atoms with Crippen LogP contribution in [0.5, 0.6) is 0 Å². The average Bonchev–Trinajstić information content (AvgIpc) is 2.57. The summed E-state index contributed by atoms with van der Waals surface area (Å²) in [5, 5.41) is 5.73. The number of nitrogens with zero attached hydrogens (tertiary/aromatic N) is 1. The van der Waals surface area contributed by atoms with Gasteiger partial charge in [-0.15, -0.1) is 5.10 Å². The second kappa shape index (κ2) is 3.38. The summed E-state index contributed by atoms with van der Waals surface area (Å²) in [5.74, 6) is -0.886. The summed E-state index contributed by atoms with van der Waals surface area (Å²) < 4.78 is 17.8. The molecule has 1 aromatic heterocycles. The maximum atomic E-state index is 12.9. The van der Waals surface area contributed by atoms with E-state index in [4.69, 9.17) is 4.42 Å². The Morgan fingerprint density at radius 3 is 2.86 bits per heavy atom. The van der Waals surface area contributed by atoms with Gasteiger partial charge in [-0.25, -0.2) is 14.3 Å². The van der Waals surface area contributed by atoms with Gasteiger partial charge in [-0.3, -0.25) is 0 Å². The van der Waals surface area contributed by atoms with Crippen LogP contribution in [0.2, 0.25) is 0 Å². The summed E-state index contributed by atoms with van der Waals surface area (Å²) in [4.78, 5) is 10.6. The minimum absolute atomic E-state index is 0.135. The Morgan fingerprint density at radius 2 is 2.29 bits per heavy atom. The van der Waals surface area contributed by atoms with Crippen molar-refractivity contribution in [2.24, 2.45) is 0 Å². The molecule has 0 atom stereocenters. The molecule has 0 radical (unpaired) electrons. The van der Waals surface area contributed by atoms with Gasteiger partial charge in [0.15, 0.2) is 0 Å². The van der Waals surface area contributed by atoms with Crippen LogP contribution in [-0.2, 0) is 0 Å². The topological polar surface area (TPSA) is 58.9 Å². The molecule has 2 aromatic rings. The molecule has 0 saturated heterocycles. The SMILES string of the molecule is O=c1[nH]nc(-c2ccc(F)c(Br)c2)o1. The van der Waals surface area contributed by atoms with E-state index in [0.29, 0.717) is 10.0 Å². The van der Waals surface area contributed by atoms with Crippen LogP contribution in [0.1, 0.15) is 0 Å². The zero-order valence-electron chi connectivity index (χ0n) is 6.75. The number of nitrogens with one attached hydrogen (secondary N) is 1. The highest BCUT2D eigenvalue weighted by Gasteiger charge is 2.07. The second-order valence-electron chi connectivity index (χ2n) is 2.55. The summed E-state index contributed by atoms with van der Waals surface area (Å²) in [6, 6.07) is 4.21. The fraction of sp³-hybridized carbons (Fsp3) is 0. The molecule has 2 rings (SSSR count). The Kier molecular flexibility index (Phi) is 2.20. The van der Waals surface area contributed by atoms with E-state index in [-0.39, 0.29) is 11.7 Å². The Hall–Kier alpha value is -1.43. The van der Waals surface area contributed by atoms with Crippen LogP contribution in [0.25, 0.3) is 11.5 Å². The van der Waals surface area contributed by atoms with Crippen molar-refractivity contribution in [1.29, 1.82) is 0 Å². The van der Waals surface area contributed by atoms with Gasteiger partial charge in [0.2, 0.25) is 5.89 Å². The van der Waals surface area contributed by atoms with Gasteiger partial charge in [0.25, 0.3) is 0 Å². The molecule has 0 amide bonds. The molecule has 4 nitrogen and oxygen atoms in total. The largest absolute Gasteiger partial charge is 0.434 e. The van der Waals surface area contributed by atoms with E-state index < -0.39 is 5.76 Å². The fourth-order valence-electron chi connectivity index (χ4n) is 0.982. The van der Waals surface area contributed by atoms with Gasteiger partial charge < -0.3 is 4.42 Å². The first-order valence-corrected chi connectivity index (χ1v) is 4.47. The molecular weight excluding hydrogens is 255 g/mol. The molecule has 14 heavy (non-hydrogen) atoms. The van der Waals surface area contributed by atoms with Crippen molar-refractivity contribution in [3.05, 3.63) is 39.0 Å². The van der Waals surface area contributed by atoms with Gasteiger partial charge in [0.05, 0.1) is 4.47 Å². The highest BCUT2D eigenvalue weighted by atomic mass is 79.9. The van der Waals surface area contributed by atoms with Crippen LogP contribution in [-0.4, -0.2) is 10.2 Å². The predicted molar refractivity (Wildman–Crippen MR) is 50.2 cm³/mol. The summed E-state index contributed by atoms with van der Waals surface area (Å²) in [6.07, 6.45) is 0. The molecule has 0 aliphatic rings. The number of aromatic amines is 1. The predicted octanol–water partition coefficient (Wildman–Crippen LogP) is 1.93. The third-order valence-electron chi connectivity index (χ3n) is 1.60. The minimum Gasteiger partial charge on any atom is -0.388 e. The fourth-order valence-corrected chi connectivity index (χ4v) is 1.36. The van der Waals surface area contributed by atoms with E-state index in [0.717, 1.165) is 0 Å². The van der Waals surface area contributed by atoms with Gasteiger partial charge in [-0.1, -0.05) is 0 Å². The Bertz CT molecular complexity index is 520.